The molecule has 2 aliphatic rings. The third-order valence-corrected chi connectivity index (χ3v) is 1.61. The Morgan fingerprint density at radius 2 is 2.27 bits per heavy atom. The minimum atomic E-state index is 0.569. The molecule has 0 aromatic rings. The van der Waals surface area contributed by atoms with Gasteiger partial charge in [0.05, 0.1) is 5.69 Å². The lowest BCUT2D eigenvalue weighted by atomic mass is 10.2. The number of fused-ring (bicyclic) bond motifs is 1. The summed E-state index contributed by atoms with van der Waals surface area (Å²) >= 11 is 0. The van der Waals surface area contributed by atoms with Gasteiger partial charge in [0.15, 0.2) is 0 Å². The van der Waals surface area contributed by atoms with Gasteiger partial charge in [0.1, 0.15) is 5.56 Å². The molecule has 11 heavy (non-hydrogen) atoms. The molecule has 0 aromatic heterocycles. The molecule has 0 saturated carbocycles. The lowest BCUT2D eigenvalue weighted by molar-refractivity contribution is -0.0641. The minimum absolute atomic E-state index is 0.569. The van der Waals surface area contributed by atoms with Crippen molar-refractivity contribution >= 4 is 0 Å². The van der Waals surface area contributed by atoms with E-state index < -0.39 is 0 Å². The second-order valence-corrected chi connectivity index (χ2v) is 2.25. The highest BCUT2D eigenvalue weighted by Crippen LogP contribution is 2.10. The molecule has 54 valence electrons. The monoisotopic (exact) mass is 146 g/mol. The third kappa shape index (κ3) is 0.772. The third-order valence-electron chi connectivity index (χ3n) is 1.61. The van der Waals surface area contributed by atoms with E-state index >= 15 is 0 Å². The molecule has 0 amide bonds. The van der Waals surface area contributed by atoms with Crippen molar-refractivity contribution in [3.8, 4) is 11.3 Å². The van der Waals surface area contributed by atoms with Gasteiger partial charge in [-0.3, -0.25) is 0 Å². The van der Waals surface area contributed by atoms with Gasteiger partial charge in [-0.05, 0) is 6.07 Å². The average molecular weight is 146 g/mol. The predicted octanol–water partition coefficient (Wildman–Crippen LogP) is 0.578. The van der Waals surface area contributed by atoms with Crippen molar-refractivity contribution in [1.82, 2.24) is 10.2 Å². The van der Waals surface area contributed by atoms with E-state index in [0.29, 0.717) is 5.36 Å². The SMILES string of the molecule is [N-]=[N+]=c1cccc2[nH][nH]cc1-2. The lowest BCUT2D eigenvalue weighted by Gasteiger charge is -1.87. The maximum atomic E-state index is 8.55. The normalized spacial score (nSPS) is 9.82. The summed E-state index contributed by atoms with van der Waals surface area (Å²) in [6, 6.07) is 5.46. The van der Waals surface area contributed by atoms with Crippen LogP contribution in [0.5, 0.6) is 0 Å². The summed E-state index contributed by atoms with van der Waals surface area (Å²) in [5, 5.41) is 6.28. The van der Waals surface area contributed by atoms with Crippen LogP contribution in [0.15, 0.2) is 24.4 Å². The Morgan fingerprint density at radius 1 is 1.36 bits per heavy atom. The maximum Gasteiger partial charge on any atom is 0.326 e. The highest BCUT2D eigenvalue weighted by molar-refractivity contribution is 5.57. The minimum Gasteiger partial charge on any atom is -0.361 e. The first-order valence-electron chi connectivity index (χ1n) is 3.24. The number of aromatic amines is 2. The van der Waals surface area contributed by atoms with Crippen molar-refractivity contribution < 1.29 is 4.79 Å². The maximum absolute atomic E-state index is 8.55. The van der Waals surface area contributed by atoms with Crippen molar-refractivity contribution in [2.24, 2.45) is 0 Å². The van der Waals surface area contributed by atoms with Crippen LogP contribution in [0.2, 0.25) is 0 Å². The Hall–Kier alpha value is -1.80. The molecular weight excluding hydrogens is 140 g/mol. The first kappa shape index (κ1) is 5.95. The fourth-order valence-electron chi connectivity index (χ4n) is 1.09. The molecule has 0 bridgehead atoms. The second-order valence-electron chi connectivity index (χ2n) is 2.25. The number of H-pyrrole nitrogens is 2. The number of aromatic nitrogens is 2. The van der Waals surface area contributed by atoms with Crippen LogP contribution in [-0.4, -0.2) is 15.0 Å². The predicted molar refractivity (Wildman–Crippen MR) is 38.5 cm³/mol. The fourth-order valence-corrected chi connectivity index (χ4v) is 1.09. The summed E-state index contributed by atoms with van der Waals surface area (Å²) in [4.78, 5) is 3.13. The quantitative estimate of drug-likeness (QED) is 0.403. The van der Waals surface area contributed by atoms with Crippen LogP contribution in [-0.2, 0) is 0 Å². The van der Waals surface area contributed by atoms with Crippen LogP contribution in [0.1, 0.15) is 0 Å². The number of nitrogens with one attached hydrogen (secondary N) is 2. The summed E-state index contributed by atoms with van der Waals surface area (Å²) < 4.78 is 0. The number of hydrogen-bond donors (Lipinski definition) is 2. The van der Waals surface area contributed by atoms with Gasteiger partial charge in [0, 0.05) is 12.3 Å². The Morgan fingerprint density at radius 3 is 3.09 bits per heavy atom. The van der Waals surface area contributed by atoms with E-state index in [1.54, 1.807) is 12.3 Å². The number of nitrogens with zero attached hydrogens (tertiary/aromatic N) is 2. The smallest absolute Gasteiger partial charge is 0.326 e. The van der Waals surface area contributed by atoms with E-state index in [2.05, 4.69) is 15.0 Å². The molecular formula is C7H6N4. The molecule has 4 nitrogen and oxygen atoms in total. The van der Waals surface area contributed by atoms with Crippen LogP contribution in [0.3, 0.4) is 0 Å². The zero-order valence-corrected chi connectivity index (χ0v) is 5.70. The molecule has 0 aromatic carbocycles. The van der Waals surface area contributed by atoms with Crippen LogP contribution >= 0.6 is 0 Å². The molecule has 0 unspecified atom stereocenters. The molecule has 0 spiro atoms. The van der Waals surface area contributed by atoms with E-state index in [1.165, 1.54) is 0 Å². The summed E-state index contributed by atoms with van der Waals surface area (Å²) in [7, 11) is 0. The van der Waals surface area contributed by atoms with Crippen LogP contribution in [0, 0.1) is 0 Å². The summed E-state index contributed by atoms with van der Waals surface area (Å²) in [6.07, 6.45) is 1.75. The van der Waals surface area contributed by atoms with Gasteiger partial charge in [-0.25, -0.2) is 0 Å². The van der Waals surface area contributed by atoms with Crippen molar-refractivity contribution in [1.29, 1.82) is 0 Å². The van der Waals surface area contributed by atoms with E-state index in [4.69, 9.17) is 5.53 Å². The largest absolute Gasteiger partial charge is 0.361 e. The van der Waals surface area contributed by atoms with Gasteiger partial charge in [-0.1, -0.05) is 6.07 Å². The molecule has 0 fully saturated rings. The molecule has 1 heterocycles. The van der Waals surface area contributed by atoms with Gasteiger partial charge in [0.25, 0.3) is 0 Å². The molecule has 2 N–H and O–H groups in total. The molecule has 0 atom stereocenters. The second kappa shape index (κ2) is 2.11. The molecule has 0 saturated heterocycles. The van der Waals surface area contributed by atoms with Crippen molar-refractivity contribution in [3.63, 3.8) is 0 Å². The fraction of sp³-hybridized carbons (Fsp3) is 0. The van der Waals surface area contributed by atoms with Crippen molar-refractivity contribution in [3.05, 3.63) is 35.3 Å². The summed E-state index contributed by atoms with van der Waals surface area (Å²) in [6.45, 7) is 0. The Balaban J connectivity index is 2.98. The van der Waals surface area contributed by atoms with E-state index in [9.17, 15) is 0 Å². The Bertz CT molecular complexity index is 418. The van der Waals surface area contributed by atoms with Crippen LogP contribution in [0.4, 0.5) is 0 Å². The molecule has 1 aliphatic heterocycles. The van der Waals surface area contributed by atoms with Gasteiger partial charge in [-0.2, -0.15) is 4.79 Å². The topological polar surface area (TPSA) is 68.0 Å². The van der Waals surface area contributed by atoms with Crippen molar-refractivity contribution in [2.45, 2.75) is 0 Å². The standard InChI is InChI=1S/C7H6N4/c8-10-6-2-1-3-7-5(6)4-9-11-7/h1-4,9,11H. The van der Waals surface area contributed by atoms with Gasteiger partial charge < -0.3 is 15.7 Å². The number of hydrogen-bond acceptors (Lipinski definition) is 0. The van der Waals surface area contributed by atoms with Crippen LogP contribution in [0.25, 0.3) is 16.8 Å². The zero-order chi connectivity index (χ0) is 7.68. The van der Waals surface area contributed by atoms with Gasteiger partial charge >= 0.3 is 5.36 Å². The molecule has 4 heteroatoms. The molecule has 0 radical (unpaired) electrons. The first-order chi connectivity index (χ1) is 5.42. The zero-order valence-electron chi connectivity index (χ0n) is 5.70. The van der Waals surface area contributed by atoms with E-state index in [1.807, 2.05) is 12.1 Å². The Kier molecular flexibility index (Phi) is 1.14. The van der Waals surface area contributed by atoms with Crippen LogP contribution < -0.4 is 5.36 Å². The van der Waals surface area contributed by atoms with E-state index in [-0.39, 0.29) is 0 Å². The first-order valence-corrected chi connectivity index (χ1v) is 3.24. The summed E-state index contributed by atoms with van der Waals surface area (Å²) in [5.74, 6) is 0. The van der Waals surface area contributed by atoms with Gasteiger partial charge in [0.2, 0.25) is 0 Å². The highest BCUT2D eigenvalue weighted by Gasteiger charge is 2.07. The molecule has 2 rings (SSSR count). The summed E-state index contributed by atoms with van der Waals surface area (Å²) in [5.41, 5.74) is 10.4. The molecule has 1 aliphatic carbocycles. The van der Waals surface area contributed by atoms with E-state index in [0.717, 1.165) is 11.3 Å². The van der Waals surface area contributed by atoms with Crippen molar-refractivity contribution in [2.75, 3.05) is 0 Å². The number of rotatable bonds is 0. The lowest BCUT2D eigenvalue weighted by Crippen LogP contribution is -2.04. The average Bonchev–Trinajstić information content (AvgIpc) is 2.50. The highest BCUT2D eigenvalue weighted by atomic mass is 15.1. The Labute approximate surface area is 62.4 Å². The van der Waals surface area contributed by atoms with Gasteiger partial charge in [-0.15, -0.1) is 0 Å². The number of benzene rings is 1.